The Bertz CT molecular complexity index is 1170. The van der Waals surface area contributed by atoms with E-state index in [1.54, 1.807) is 33.2 Å². The summed E-state index contributed by atoms with van der Waals surface area (Å²) in [6.07, 6.45) is 0.555. The standard InChI is InChI=1S/C28H40N6O5/c1-17-13-19-5-7-23(38-11-9-29)21(14-19)22-15-20(6-8-24(22)39-12-10-30)26(34(4)25(35)16-31-3)28(37)33-18(2)27(36)32-17/h5-8,14-15,17-18,26,31H,9-13,16,29-30H2,1-4H3,(H,32,36)(H,33,37)/t17?,18-,26?/m0/s1. The number of carbonyl (C=O) groups excluding carboxylic acids is 3. The van der Waals surface area contributed by atoms with Gasteiger partial charge in [-0.25, -0.2) is 0 Å². The van der Waals surface area contributed by atoms with Crippen molar-refractivity contribution in [2.45, 2.75) is 38.4 Å². The fourth-order valence-electron chi connectivity index (χ4n) is 4.53. The lowest BCUT2D eigenvalue weighted by Gasteiger charge is -2.30. The van der Waals surface area contributed by atoms with Crippen LogP contribution in [0, 0.1) is 0 Å². The van der Waals surface area contributed by atoms with Crippen molar-refractivity contribution in [2.24, 2.45) is 11.5 Å². The van der Waals surface area contributed by atoms with Gasteiger partial charge in [0.05, 0.1) is 6.54 Å². The summed E-state index contributed by atoms with van der Waals surface area (Å²) >= 11 is 0. The molecule has 0 saturated heterocycles. The van der Waals surface area contributed by atoms with Gasteiger partial charge < -0.3 is 41.8 Å². The van der Waals surface area contributed by atoms with E-state index < -0.39 is 18.0 Å². The van der Waals surface area contributed by atoms with Gasteiger partial charge in [-0.05, 0) is 62.7 Å². The van der Waals surface area contributed by atoms with E-state index in [2.05, 4.69) is 16.0 Å². The second-order valence-electron chi connectivity index (χ2n) is 9.64. The van der Waals surface area contributed by atoms with Gasteiger partial charge in [0.15, 0.2) is 0 Å². The molecule has 11 heteroatoms. The van der Waals surface area contributed by atoms with Gasteiger partial charge in [0.1, 0.15) is 36.8 Å². The molecule has 0 aromatic heterocycles. The quantitative estimate of drug-likeness (QED) is 0.304. The number of ether oxygens (including phenoxy) is 2. The molecule has 2 unspecified atom stereocenters. The van der Waals surface area contributed by atoms with Crippen molar-refractivity contribution in [1.82, 2.24) is 20.9 Å². The lowest BCUT2D eigenvalue weighted by Crippen LogP contribution is -2.51. The van der Waals surface area contributed by atoms with Crippen LogP contribution in [-0.2, 0) is 20.8 Å². The van der Waals surface area contributed by atoms with E-state index in [0.29, 0.717) is 48.7 Å². The number of benzene rings is 2. The molecule has 212 valence electrons. The Morgan fingerprint density at radius 3 is 2.21 bits per heavy atom. The highest BCUT2D eigenvalue weighted by Crippen LogP contribution is 2.40. The van der Waals surface area contributed by atoms with Crippen LogP contribution in [0.4, 0.5) is 0 Å². The first-order valence-electron chi connectivity index (χ1n) is 13.1. The largest absolute Gasteiger partial charge is 0.492 e. The van der Waals surface area contributed by atoms with Gasteiger partial charge >= 0.3 is 0 Å². The molecular formula is C28H40N6O5. The summed E-state index contributed by atoms with van der Waals surface area (Å²) < 4.78 is 12.0. The van der Waals surface area contributed by atoms with Crippen LogP contribution in [0.3, 0.4) is 0 Å². The molecular weight excluding hydrogens is 500 g/mol. The molecule has 39 heavy (non-hydrogen) atoms. The molecule has 2 aromatic rings. The zero-order valence-corrected chi connectivity index (χ0v) is 23.1. The van der Waals surface area contributed by atoms with Crippen LogP contribution in [0.25, 0.3) is 11.1 Å². The Balaban J connectivity index is 2.27. The first-order valence-corrected chi connectivity index (χ1v) is 13.1. The molecule has 7 N–H and O–H groups in total. The van der Waals surface area contributed by atoms with Crippen LogP contribution < -0.4 is 36.9 Å². The highest BCUT2D eigenvalue weighted by molar-refractivity contribution is 5.93. The van der Waals surface area contributed by atoms with Crippen molar-refractivity contribution >= 4 is 17.7 Å². The molecule has 2 aromatic carbocycles. The van der Waals surface area contributed by atoms with Gasteiger partial charge in [-0.3, -0.25) is 14.4 Å². The van der Waals surface area contributed by atoms with E-state index in [9.17, 15) is 14.4 Å². The summed E-state index contributed by atoms with van der Waals surface area (Å²) in [6.45, 7) is 4.81. The third-order valence-corrected chi connectivity index (χ3v) is 6.44. The van der Waals surface area contributed by atoms with Crippen molar-refractivity contribution in [3.63, 3.8) is 0 Å². The predicted molar refractivity (Wildman–Crippen MR) is 149 cm³/mol. The van der Waals surface area contributed by atoms with Gasteiger partial charge in [0, 0.05) is 37.3 Å². The molecule has 1 aliphatic heterocycles. The van der Waals surface area contributed by atoms with Crippen molar-refractivity contribution < 1.29 is 23.9 Å². The Morgan fingerprint density at radius 2 is 1.59 bits per heavy atom. The Hall–Kier alpha value is -3.67. The fourth-order valence-corrected chi connectivity index (χ4v) is 4.53. The number of carbonyl (C=O) groups is 3. The molecule has 0 spiro atoms. The van der Waals surface area contributed by atoms with Crippen LogP contribution >= 0.6 is 0 Å². The third kappa shape index (κ3) is 7.47. The highest BCUT2D eigenvalue weighted by Gasteiger charge is 2.32. The van der Waals surface area contributed by atoms with Gasteiger partial charge in [0.2, 0.25) is 17.7 Å². The van der Waals surface area contributed by atoms with E-state index in [0.717, 1.165) is 11.1 Å². The Kier molecular flexibility index (Phi) is 10.7. The number of nitrogens with zero attached hydrogens (tertiary/aromatic N) is 1. The molecule has 0 aliphatic carbocycles. The van der Waals surface area contributed by atoms with E-state index in [1.165, 1.54) is 4.90 Å². The summed E-state index contributed by atoms with van der Waals surface area (Å²) in [5.41, 5.74) is 14.4. The monoisotopic (exact) mass is 540 g/mol. The highest BCUT2D eigenvalue weighted by atomic mass is 16.5. The molecule has 0 saturated carbocycles. The van der Waals surface area contributed by atoms with Gasteiger partial charge in [-0.1, -0.05) is 12.1 Å². The van der Waals surface area contributed by atoms with Crippen molar-refractivity contribution in [2.75, 3.05) is 46.9 Å². The Labute approximate surface area is 229 Å². The van der Waals surface area contributed by atoms with Crippen LogP contribution in [0.5, 0.6) is 11.5 Å². The smallest absolute Gasteiger partial charge is 0.248 e. The topological polar surface area (TPSA) is 161 Å². The summed E-state index contributed by atoms with van der Waals surface area (Å²) in [5.74, 6) is 0.0685. The summed E-state index contributed by atoms with van der Waals surface area (Å²) in [4.78, 5) is 40.8. The Morgan fingerprint density at radius 1 is 0.974 bits per heavy atom. The van der Waals surface area contributed by atoms with Crippen LogP contribution in [0.15, 0.2) is 36.4 Å². The fraction of sp³-hybridized carbons (Fsp3) is 0.464. The number of fused-ring (bicyclic) bond motifs is 5. The molecule has 11 nitrogen and oxygen atoms in total. The predicted octanol–water partition coefficient (Wildman–Crippen LogP) is 0.313. The maximum atomic E-state index is 13.6. The van der Waals surface area contributed by atoms with Crippen molar-refractivity contribution in [3.05, 3.63) is 47.5 Å². The number of amides is 3. The zero-order chi connectivity index (χ0) is 28.5. The van der Waals surface area contributed by atoms with Gasteiger partial charge in [-0.15, -0.1) is 0 Å². The SMILES string of the molecule is CNCC(=O)N(C)C1C(=O)N[C@@H](C)C(=O)NC(C)Cc2ccc(OCCN)c(c2)-c2cc1ccc2OCCN. The van der Waals surface area contributed by atoms with E-state index >= 15 is 0 Å². The number of hydrogen-bond acceptors (Lipinski definition) is 8. The summed E-state index contributed by atoms with van der Waals surface area (Å²) in [7, 11) is 3.22. The van der Waals surface area contributed by atoms with Crippen LogP contribution in [0.1, 0.15) is 31.0 Å². The number of nitrogens with one attached hydrogen (secondary N) is 3. The summed E-state index contributed by atoms with van der Waals surface area (Å²) in [6, 6.07) is 9.11. The van der Waals surface area contributed by atoms with Crippen molar-refractivity contribution in [1.29, 1.82) is 0 Å². The second kappa shape index (κ2) is 13.9. The second-order valence-corrected chi connectivity index (χ2v) is 9.64. The molecule has 3 amide bonds. The molecule has 3 atom stereocenters. The third-order valence-electron chi connectivity index (χ3n) is 6.44. The molecule has 3 rings (SSSR count). The lowest BCUT2D eigenvalue weighted by atomic mass is 9.94. The van der Waals surface area contributed by atoms with E-state index in [1.807, 2.05) is 31.2 Å². The summed E-state index contributed by atoms with van der Waals surface area (Å²) in [5, 5.41) is 8.58. The van der Waals surface area contributed by atoms with Gasteiger partial charge in [0.25, 0.3) is 0 Å². The normalized spacial score (nSPS) is 19.4. The average Bonchev–Trinajstić information content (AvgIpc) is 2.91. The zero-order valence-electron chi connectivity index (χ0n) is 23.1. The molecule has 4 bridgehead atoms. The maximum absolute atomic E-state index is 13.6. The number of nitrogens with two attached hydrogens (primary N) is 2. The number of hydrogen-bond donors (Lipinski definition) is 5. The minimum atomic E-state index is -1.01. The molecule has 1 aliphatic rings. The maximum Gasteiger partial charge on any atom is 0.248 e. The van der Waals surface area contributed by atoms with Crippen LogP contribution in [-0.4, -0.2) is 81.6 Å². The molecule has 1 heterocycles. The van der Waals surface area contributed by atoms with Crippen molar-refractivity contribution in [3.8, 4) is 22.6 Å². The average molecular weight is 541 g/mol. The van der Waals surface area contributed by atoms with Crippen LogP contribution in [0.2, 0.25) is 0 Å². The number of rotatable bonds is 9. The molecule has 0 fully saturated rings. The lowest BCUT2D eigenvalue weighted by molar-refractivity contribution is -0.139. The minimum absolute atomic E-state index is 0.0392. The van der Waals surface area contributed by atoms with Gasteiger partial charge in [-0.2, -0.15) is 0 Å². The first kappa shape index (κ1) is 29.9. The molecule has 0 radical (unpaired) electrons. The van der Waals surface area contributed by atoms with E-state index in [-0.39, 0.29) is 31.0 Å². The first-order chi connectivity index (χ1) is 18.7. The van der Waals surface area contributed by atoms with E-state index in [4.69, 9.17) is 20.9 Å². The minimum Gasteiger partial charge on any atom is -0.492 e. The number of likely N-dealkylation sites (N-methyl/N-ethyl adjacent to an activating group) is 2.